The predicted octanol–water partition coefficient (Wildman–Crippen LogP) is 3.30. The Labute approximate surface area is 155 Å². The Morgan fingerprint density at radius 2 is 1.50 bits per heavy atom. The van der Waals surface area contributed by atoms with E-state index in [0.717, 1.165) is 25.9 Å². The van der Waals surface area contributed by atoms with E-state index in [2.05, 4.69) is 10.6 Å². The summed E-state index contributed by atoms with van der Waals surface area (Å²) in [6, 6.07) is 13.6. The zero-order valence-corrected chi connectivity index (χ0v) is 15.3. The molecule has 1 aliphatic heterocycles. The van der Waals surface area contributed by atoms with Gasteiger partial charge in [-0.15, -0.1) is 0 Å². The van der Waals surface area contributed by atoms with Crippen LogP contribution in [0.15, 0.2) is 53.4 Å². The number of nitrogens with one attached hydrogen (secondary N) is 2. The average Bonchev–Trinajstić information content (AvgIpc) is 3.18. The molecule has 6 nitrogen and oxygen atoms in total. The molecule has 0 aliphatic carbocycles. The largest absolute Gasteiger partial charge is 0.325 e. The number of amides is 3. The molecule has 0 radical (unpaired) electrons. The summed E-state index contributed by atoms with van der Waals surface area (Å²) in [5.74, 6) is -0.290. The Bertz CT molecular complexity index is 830. The molecule has 1 fully saturated rings. The second-order valence-corrected chi connectivity index (χ2v) is 7.48. The maximum absolute atomic E-state index is 12.5. The lowest BCUT2D eigenvalue weighted by molar-refractivity contribution is 0.102. The summed E-state index contributed by atoms with van der Waals surface area (Å²) in [7, 11) is -1.08. The Morgan fingerprint density at radius 1 is 0.923 bits per heavy atom. The van der Waals surface area contributed by atoms with Gasteiger partial charge >= 0.3 is 6.03 Å². The highest BCUT2D eigenvalue weighted by atomic mass is 32.2. The van der Waals surface area contributed by atoms with Gasteiger partial charge < -0.3 is 15.5 Å². The van der Waals surface area contributed by atoms with Crippen LogP contribution in [0.2, 0.25) is 0 Å². The molecule has 1 heterocycles. The molecule has 136 valence electrons. The minimum atomic E-state index is -1.08. The summed E-state index contributed by atoms with van der Waals surface area (Å²) >= 11 is 0. The molecule has 0 saturated carbocycles. The summed E-state index contributed by atoms with van der Waals surface area (Å²) in [4.78, 5) is 27.2. The van der Waals surface area contributed by atoms with Crippen LogP contribution in [0.25, 0.3) is 0 Å². The number of benzene rings is 2. The summed E-state index contributed by atoms with van der Waals surface area (Å²) in [6.07, 6.45) is 3.63. The van der Waals surface area contributed by atoms with E-state index in [1.807, 2.05) is 0 Å². The van der Waals surface area contributed by atoms with Crippen molar-refractivity contribution in [3.05, 3.63) is 54.1 Å². The third-order valence-corrected chi connectivity index (χ3v) is 5.19. The van der Waals surface area contributed by atoms with Gasteiger partial charge in [-0.3, -0.25) is 9.00 Å². The van der Waals surface area contributed by atoms with Crippen LogP contribution in [0, 0.1) is 0 Å². The highest BCUT2D eigenvalue weighted by molar-refractivity contribution is 7.84. The summed E-state index contributed by atoms with van der Waals surface area (Å²) in [5, 5.41) is 5.69. The smallest absolute Gasteiger partial charge is 0.321 e. The zero-order valence-electron chi connectivity index (χ0n) is 14.5. The Morgan fingerprint density at radius 3 is 2.08 bits per heavy atom. The van der Waals surface area contributed by atoms with Crippen LogP contribution in [0.5, 0.6) is 0 Å². The summed E-state index contributed by atoms with van der Waals surface area (Å²) in [6.45, 7) is 1.51. The third-order valence-electron chi connectivity index (χ3n) is 4.26. The lowest BCUT2D eigenvalue weighted by Crippen LogP contribution is -2.32. The fraction of sp³-hybridized carbons (Fsp3) is 0.263. The van der Waals surface area contributed by atoms with Crippen molar-refractivity contribution in [2.24, 2.45) is 0 Å². The summed E-state index contributed by atoms with van der Waals surface area (Å²) in [5.41, 5.74) is 1.55. The molecule has 26 heavy (non-hydrogen) atoms. The van der Waals surface area contributed by atoms with E-state index < -0.39 is 10.8 Å². The molecule has 0 bridgehead atoms. The van der Waals surface area contributed by atoms with Gasteiger partial charge in [0.2, 0.25) is 0 Å². The monoisotopic (exact) mass is 371 g/mol. The topological polar surface area (TPSA) is 78.5 Å². The van der Waals surface area contributed by atoms with Crippen molar-refractivity contribution in [1.29, 1.82) is 0 Å². The summed E-state index contributed by atoms with van der Waals surface area (Å²) < 4.78 is 11.4. The second kappa shape index (κ2) is 8.14. The lowest BCUT2D eigenvalue weighted by Gasteiger charge is -2.18. The molecule has 3 amide bonds. The van der Waals surface area contributed by atoms with Crippen molar-refractivity contribution < 1.29 is 13.8 Å². The van der Waals surface area contributed by atoms with Crippen LogP contribution in [0.4, 0.5) is 16.2 Å². The number of anilines is 2. The van der Waals surface area contributed by atoms with Crippen molar-refractivity contribution in [1.82, 2.24) is 4.90 Å². The van der Waals surface area contributed by atoms with Gasteiger partial charge in [-0.2, -0.15) is 0 Å². The van der Waals surface area contributed by atoms with E-state index in [9.17, 15) is 13.8 Å². The number of para-hydroxylation sites is 2. The van der Waals surface area contributed by atoms with Crippen LogP contribution < -0.4 is 10.6 Å². The highest BCUT2D eigenvalue weighted by Crippen LogP contribution is 2.23. The first kappa shape index (κ1) is 18.1. The maximum atomic E-state index is 12.5. The van der Waals surface area contributed by atoms with Crippen LogP contribution in [-0.4, -0.2) is 40.4 Å². The van der Waals surface area contributed by atoms with Crippen molar-refractivity contribution in [2.45, 2.75) is 17.7 Å². The number of carbonyl (C=O) groups is 2. The molecular weight excluding hydrogens is 350 g/mol. The molecule has 3 rings (SSSR count). The van der Waals surface area contributed by atoms with E-state index in [1.54, 1.807) is 59.7 Å². The zero-order chi connectivity index (χ0) is 18.5. The first-order valence-electron chi connectivity index (χ1n) is 8.44. The van der Waals surface area contributed by atoms with Crippen LogP contribution in [0.3, 0.4) is 0 Å². The molecule has 0 spiro atoms. The van der Waals surface area contributed by atoms with E-state index in [0.29, 0.717) is 21.8 Å². The van der Waals surface area contributed by atoms with Crippen molar-refractivity contribution in [2.75, 3.05) is 30.0 Å². The molecule has 2 aromatic carbocycles. The van der Waals surface area contributed by atoms with Gasteiger partial charge in [-0.05, 0) is 49.2 Å². The number of rotatable bonds is 4. The maximum Gasteiger partial charge on any atom is 0.321 e. The van der Waals surface area contributed by atoms with E-state index in [-0.39, 0.29) is 11.9 Å². The van der Waals surface area contributed by atoms with Crippen molar-refractivity contribution in [3.8, 4) is 0 Å². The molecule has 0 unspecified atom stereocenters. The quantitative estimate of drug-likeness (QED) is 0.865. The van der Waals surface area contributed by atoms with E-state index in [4.69, 9.17) is 0 Å². The highest BCUT2D eigenvalue weighted by Gasteiger charge is 2.19. The number of likely N-dealkylation sites (tertiary alicyclic amines) is 1. The molecule has 1 atom stereocenters. The van der Waals surface area contributed by atoms with E-state index >= 15 is 0 Å². The number of carbonyl (C=O) groups excluding carboxylic acids is 2. The molecular formula is C19H21N3O3S. The number of nitrogens with zero attached hydrogens (tertiary/aromatic N) is 1. The minimum absolute atomic E-state index is 0.154. The molecule has 1 aliphatic rings. The van der Waals surface area contributed by atoms with Crippen molar-refractivity contribution >= 4 is 34.1 Å². The second-order valence-electron chi connectivity index (χ2n) is 6.10. The normalized spacial score (nSPS) is 14.7. The van der Waals surface area contributed by atoms with Gasteiger partial charge in [0.15, 0.2) is 0 Å². The SMILES string of the molecule is C[S@@](=O)c1ccc(C(=O)Nc2ccccc2NC(=O)N2CCCC2)cc1. The molecule has 2 N–H and O–H groups in total. The van der Waals surface area contributed by atoms with Gasteiger partial charge in [0, 0.05) is 40.6 Å². The van der Waals surface area contributed by atoms with Gasteiger partial charge in [0.25, 0.3) is 5.91 Å². The Kier molecular flexibility index (Phi) is 5.68. The number of hydrogen-bond donors (Lipinski definition) is 2. The predicted molar refractivity (Wildman–Crippen MR) is 103 cm³/mol. The van der Waals surface area contributed by atoms with Crippen LogP contribution >= 0.6 is 0 Å². The van der Waals surface area contributed by atoms with Gasteiger partial charge in [-0.25, -0.2) is 4.79 Å². The first-order valence-corrected chi connectivity index (χ1v) is 10.0. The lowest BCUT2D eigenvalue weighted by atomic mass is 10.2. The van der Waals surface area contributed by atoms with Crippen molar-refractivity contribution in [3.63, 3.8) is 0 Å². The number of urea groups is 1. The first-order chi connectivity index (χ1) is 12.5. The van der Waals surface area contributed by atoms with E-state index in [1.165, 1.54) is 0 Å². The standard InChI is InChI=1S/C19H21N3O3S/c1-26(25)15-10-8-14(9-11-15)18(23)20-16-6-2-3-7-17(16)21-19(24)22-12-4-5-13-22/h2-3,6-11H,4-5,12-13H2,1H3,(H,20,23)(H,21,24)/t26-/m1/s1. The minimum Gasteiger partial charge on any atom is -0.325 e. The van der Waals surface area contributed by atoms with Crippen LogP contribution in [0.1, 0.15) is 23.2 Å². The Hall–Kier alpha value is -2.67. The van der Waals surface area contributed by atoms with Gasteiger partial charge in [0.1, 0.15) is 0 Å². The molecule has 7 heteroatoms. The third kappa shape index (κ3) is 4.29. The van der Waals surface area contributed by atoms with Gasteiger partial charge in [0.05, 0.1) is 11.4 Å². The molecule has 0 aromatic heterocycles. The fourth-order valence-corrected chi connectivity index (χ4v) is 3.33. The molecule has 2 aromatic rings. The van der Waals surface area contributed by atoms with Crippen LogP contribution in [-0.2, 0) is 10.8 Å². The number of hydrogen-bond acceptors (Lipinski definition) is 3. The average molecular weight is 371 g/mol. The van der Waals surface area contributed by atoms with Gasteiger partial charge in [-0.1, -0.05) is 12.1 Å². The fourth-order valence-electron chi connectivity index (χ4n) is 2.81. The molecule has 1 saturated heterocycles. The Balaban J connectivity index is 1.72.